The van der Waals surface area contributed by atoms with Crippen LogP contribution in [0.5, 0.6) is 5.88 Å². The van der Waals surface area contributed by atoms with Crippen LogP contribution in [-0.4, -0.2) is 17.3 Å². The first-order chi connectivity index (χ1) is 9.65. The van der Waals surface area contributed by atoms with Gasteiger partial charge in [-0.15, -0.1) is 10.2 Å². The topological polar surface area (TPSA) is 73.1 Å². The molecule has 1 heterocycles. The van der Waals surface area contributed by atoms with Crippen LogP contribution in [0, 0.1) is 0 Å². The maximum Gasteiger partial charge on any atom is 0.233 e. The maximum atomic E-state index is 5.66. The second-order valence-electron chi connectivity index (χ2n) is 4.92. The highest BCUT2D eigenvalue weighted by atomic mass is 16.5. The predicted molar refractivity (Wildman–Crippen MR) is 78.3 cm³/mol. The molecule has 20 heavy (non-hydrogen) atoms. The lowest BCUT2D eigenvalue weighted by Crippen LogP contribution is -2.29. The van der Waals surface area contributed by atoms with Crippen molar-refractivity contribution in [3.63, 3.8) is 0 Å². The summed E-state index contributed by atoms with van der Waals surface area (Å²) in [5.74, 6) is 6.65. The molecule has 0 bridgehead atoms. The van der Waals surface area contributed by atoms with Crippen molar-refractivity contribution in [3.05, 3.63) is 53.2 Å². The predicted octanol–water partition coefficient (Wildman–Crippen LogP) is 2.16. The van der Waals surface area contributed by atoms with E-state index < -0.39 is 0 Å². The minimum Gasteiger partial charge on any atom is -0.480 e. The van der Waals surface area contributed by atoms with Gasteiger partial charge in [0.1, 0.15) is 0 Å². The molecule has 0 spiro atoms. The van der Waals surface area contributed by atoms with Crippen LogP contribution in [0.3, 0.4) is 0 Å². The standard InChI is InChI=1S/C15H20N4O/c1-10(2)11-4-6-12(7-5-11)15(17-16)13-8-9-14(20-3)19-18-13/h4-10,15,17H,16H2,1-3H3. The highest BCUT2D eigenvalue weighted by Gasteiger charge is 2.14. The van der Waals surface area contributed by atoms with Crippen molar-refractivity contribution in [1.29, 1.82) is 0 Å². The second kappa shape index (κ2) is 6.45. The molecule has 0 saturated carbocycles. The minimum absolute atomic E-state index is 0.186. The van der Waals surface area contributed by atoms with Crippen LogP contribution >= 0.6 is 0 Å². The monoisotopic (exact) mass is 272 g/mol. The summed E-state index contributed by atoms with van der Waals surface area (Å²) in [5.41, 5.74) is 5.88. The number of hydrogen-bond acceptors (Lipinski definition) is 5. The Morgan fingerprint density at radius 2 is 1.65 bits per heavy atom. The number of aromatic nitrogens is 2. The molecule has 0 aliphatic rings. The quantitative estimate of drug-likeness (QED) is 0.644. The molecule has 5 heteroatoms. The van der Waals surface area contributed by atoms with Crippen LogP contribution in [0.1, 0.15) is 42.6 Å². The summed E-state index contributed by atoms with van der Waals surface area (Å²) in [6, 6.07) is 11.8. The van der Waals surface area contributed by atoms with Gasteiger partial charge in [0, 0.05) is 6.07 Å². The number of nitrogens with zero attached hydrogens (tertiary/aromatic N) is 2. The van der Waals surface area contributed by atoms with E-state index in [-0.39, 0.29) is 6.04 Å². The Balaban J connectivity index is 2.26. The third-order valence-electron chi connectivity index (χ3n) is 3.27. The number of nitrogens with one attached hydrogen (secondary N) is 1. The van der Waals surface area contributed by atoms with E-state index in [1.165, 1.54) is 5.56 Å². The average molecular weight is 272 g/mol. The molecule has 0 aliphatic heterocycles. The summed E-state index contributed by atoms with van der Waals surface area (Å²) in [6.07, 6.45) is 0. The van der Waals surface area contributed by atoms with Crippen LogP contribution in [0.25, 0.3) is 0 Å². The van der Waals surface area contributed by atoms with E-state index in [0.29, 0.717) is 11.8 Å². The fourth-order valence-corrected chi connectivity index (χ4v) is 2.02. The number of rotatable bonds is 5. The molecule has 2 rings (SSSR count). The largest absolute Gasteiger partial charge is 0.480 e. The lowest BCUT2D eigenvalue weighted by Gasteiger charge is -2.16. The number of ether oxygens (including phenoxy) is 1. The van der Waals surface area contributed by atoms with Crippen molar-refractivity contribution in [1.82, 2.24) is 15.6 Å². The number of methoxy groups -OCH3 is 1. The molecule has 0 saturated heterocycles. The molecule has 0 radical (unpaired) electrons. The number of nitrogens with two attached hydrogens (primary N) is 1. The molecule has 3 N–H and O–H groups in total. The smallest absolute Gasteiger partial charge is 0.233 e. The van der Waals surface area contributed by atoms with E-state index in [9.17, 15) is 0 Å². The van der Waals surface area contributed by atoms with Gasteiger partial charge in [0.15, 0.2) is 0 Å². The number of hydrazine groups is 1. The third-order valence-corrected chi connectivity index (χ3v) is 3.27. The molecular weight excluding hydrogens is 252 g/mol. The van der Waals surface area contributed by atoms with E-state index in [1.807, 2.05) is 6.07 Å². The van der Waals surface area contributed by atoms with Crippen molar-refractivity contribution < 1.29 is 4.74 Å². The van der Waals surface area contributed by atoms with Gasteiger partial charge in [0.05, 0.1) is 18.8 Å². The summed E-state index contributed by atoms with van der Waals surface area (Å²) in [5, 5.41) is 8.11. The fourth-order valence-electron chi connectivity index (χ4n) is 2.02. The Morgan fingerprint density at radius 3 is 2.10 bits per heavy atom. The molecule has 0 fully saturated rings. The molecule has 2 aromatic rings. The lowest BCUT2D eigenvalue weighted by molar-refractivity contribution is 0.390. The van der Waals surface area contributed by atoms with Crippen LogP contribution in [0.2, 0.25) is 0 Å². The molecule has 1 unspecified atom stereocenters. The van der Waals surface area contributed by atoms with Gasteiger partial charge in [-0.3, -0.25) is 5.84 Å². The van der Waals surface area contributed by atoms with Crippen molar-refractivity contribution in [2.75, 3.05) is 7.11 Å². The Bertz CT molecular complexity index is 537. The molecule has 0 aliphatic carbocycles. The summed E-state index contributed by atoms with van der Waals surface area (Å²) in [4.78, 5) is 0. The minimum atomic E-state index is -0.186. The van der Waals surface area contributed by atoms with E-state index in [4.69, 9.17) is 10.6 Å². The second-order valence-corrected chi connectivity index (χ2v) is 4.92. The SMILES string of the molecule is COc1ccc(C(NN)c2ccc(C(C)C)cc2)nn1. The van der Waals surface area contributed by atoms with Crippen LogP contribution < -0.4 is 16.0 Å². The Labute approximate surface area is 119 Å². The average Bonchev–Trinajstić information content (AvgIpc) is 2.49. The van der Waals surface area contributed by atoms with Gasteiger partial charge in [0.25, 0.3) is 0 Å². The van der Waals surface area contributed by atoms with Crippen LogP contribution in [0.15, 0.2) is 36.4 Å². The zero-order valence-corrected chi connectivity index (χ0v) is 12.0. The first-order valence-electron chi connectivity index (χ1n) is 6.59. The van der Waals surface area contributed by atoms with Crippen LogP contribution in [0.4, 0.5) is 0 Å². The van der Waals surface area contributed by atoms with Crippen molar-refractivity contribution in [3.8, 4) is 5.88 Å². The van der Waals surface area contributed by atoms with E-state index in [1.54, 1.807) is 13.2 Å². The van der Waals surface area contributed by atoms with Crippen LogP contribution in [-0.2, 0) is 0 Å². The van der Waals surface area contributed by atoms with Gasteiger partial charge in [0.2, 0.25) is 5.88 Å². The van der Waals surface area contributed by atoms with Gasteiger partial charge in [-0.25, -0.2) is 5.43 Å². The molecular formula is C15H20N4O. The Kier molecular flexibility index (Phi) is 4.65. The fraction of sp³-hybridized carbons (Fsp3) is 0.333. The van der Waals surface area contributed by atoms with Crippen molar-refractivity contribution >= 4 is 0 Å². The van der Waals surface area contributed by atoms with E-state index >= 15 is 0 Å². The Hall–Kier alpha value is -1.98. The lowest BCUT2D eigenvalue weighted by atomic mass is 9.98. The summed E-state index contributed by atoms with van der Waals surface area (Å²) in [6.45, 7) is 4.34. The molecule has 5 nitrogen and oxygen atoms in total. The first-order valence-corrected chi connectivity index (χ1v) is 6.59. The maximum absolute atomic E-state index is 5.66. The molecule has 1 aromatic heterocycles. The molecule has 1 atom stereocenters. The third kappa shape index (κ3) is 3.12. The summed E-state index contributed by atoms with van der Waals surface area (Å²) in [7, 11) is 1.56. The first kappa shape index (κ1) is 14.4. The normalized spacial score (nSPS) is 12.4. The van der Waals surface area contributed by atoms with Gasteiger partial charge in [-0.2, -0.15) is 0 Å². The molecule has 106 valence electrons. The van der Waals surface area contributed by atoms with Gasteiger partial charge < -0.3 is 4.74 Å². The summed E-state index contributed by atoms with van der Waals surface area (Å²) < 4.78 is 5.01. The number of hydrogen-bond donors (Lipinski definition) is 2. The van der Waals surface area contributed by atoms with Gasteiger partial charge in [-0.1, -0.05) is 38.1 Å². The zero-order valence-electron chi connectivity index (χ0n) is 12.0. The zero-order chi connectivity index (χ0) is 14.5. The molecule has 1 aromatic carbocycles. The van der Waals surface area contributed by atoms with Gasteiger partial charge in [-0.05, 0) is 23.1 Å². The van der Waals surface area contributed by atoms with E-state index in [2.05, 4.69) is 53.7 Å². The van der Waals surface area contributed by atoms with E-state index in [0.717, 1.165) is 11.3 Å². The number of benzene rings is 1. The van der Waals surface area contributed by atoms with Crippen molar-refractivity contribution in [2.24, 2.45) is 5.84 Å². The van der Waals surface area contributed by atoms with Crippen molar-refractivity contribution in [2.45, 2.75) is 25.8 Å². The molecule has 0 amide bonds. The summed E-state index contributed by atoms with van der Waals surface area (Å²) >= 11 is 0. The highest BCUT2D eigenvalue weighted by Crippen LogP contribution is 2.22. The Morgan fingerprint density at radius 1 is 1.00 bits per heavy atom. The van der Waals surface area contributed by atoms with Gasteiger partial charge >= 0.3 is 0 Å². The highest BCUT2D eigenvalue weighted by molar-refractivity contribution is 5.31.